The van der Waals surface area contributed by atoms with Crippen molar-refractivity contribution < 1.29 is 4.39 Å². The first-order chi connectivity index (χ1) is 9.22. The lowest BCUT2D eigenvalue weighted by Gasteiger charge is -2.17. The molecular weight excluding hydrogens is 245 g/mol. The second-order valence-electron chi connectivity index (χ2n) is 4.66. The van der Waals surface area contributed by atoms with Crippen molar-refractivity contribution in [1.82, 2.24) is 9.78 Å². The van der Waals surface area contributed by atoms with Gasteiger partial charge in [-0.25, -0.2) is 9.07 Å². The van der Waals surface area contributed by atoms with Gasteiger partial charge in [-0.1, -0.05) is 12.1 Å². The van der Waals surface area contributed by atoms with E-state index in [1.807, 2.05) is 0 Å². The molecule has 0 atom stereocenters. The van der Waals surface area contributed by atoms with Crippen molar-refractivity contribution in [2.75, 3.05) is 11.9 Å². The minimum Gasteiger partial charge on any atom is -0.383 e. The molecule has 0 unspecified atom stereocenters. The molecule has 19 heavy (non-hydrogen) atoms. The van der Waals surface area contributed by atoms with Crippen LogP contribution in [0.2, 0.25) is 0 Å². The Balaban J connectivity index is 1.95. The molecule has 0 saturated heterocycles. The van der Waals surface area contributed by atoms with Crippen LogP contribution in [-0.2, 0) is 13.0 Å². The highest BCUT2D eigenvalue weighted by molar-refractivity contribution is 5.48. The molecule has 1 N–H and O–H groups in total. The van der Waals surface area contributed by atoms with Crippen LogP contribution in [0.4, 0.5) is 10.1 Å². The number of hydrogen-bond acceptors (Lipinski definition) is 3. The first kappa shape index (κ1) is 11.9. The summed E-state index contributed by atoms with van der Waals surface area (Å²) in [6, 6.07) is 7.80. The lowest BCUT2D eigenvalue weighted by atomic mass is 10.1. The Labute approximate surface area is 109 Å². The quantitative estimate of drug-likeness (QED) is 0.894. The van der Waals surface area contributed by atoms with Gasteiger partial charge < -0.3 is 5.32 Å². The average molecular weight is 259 g/mol. The van der Waals surface area contributed by atoms with Crippen LogP contribution in [0.25, 0.3) is 0 Å². The van der Waals surface area contributed by atoms with Gasteiger partial charge in [-0.15, -0.1) is 0 Å². The van der Waals surface area contributed by atoms with Crippen LogP contribution in [0.15, 0.2) is 35.1 Å². The number of aromatic nitrogens is 2. The van der Waals surface area contributed by atoms with Crippen molar-refractivity contribution in [2.45, 2.75) is 19.4 Å². The normalized spacial score (nSPS) is 13.7. The number of halogens is 1. The average Bonchev–Trinajstić information content (AvgIpc) is 2.40. The molecular formula is C14H14FN3O. The van der Waals surface area contributed by atoms with Crippen LogP contribution >= 0.6 is 0 Å². The number of benzene rings is 1. The van der Waals surface area contributed by atoms with E-state index in [1.165, 1.54) is 16.8 Å². The van der Waals surface area contributed by atoms with E-state index in [-0.39, 0.29) is 11.4 Å². The number of nitrogens with one attached hydrogen (secondary N) is 1. The van der Waals surface area contributed by atoms with E-state index in [0.29, 0.717) is 6.54 Å². The molecule has 1 aromatic heterocycles. The highest BCUT2D eigenvalue weighted by Gasteiger charge is 2.12. The molecule has 1 aliphatic heterocycles. The third-order valence-corrected chi connectivity index (χ3v) is 3.20. The van der Waals surface area contributed by atoms with Crippen molar-refractivity contribution in [3.63, 3.8) is 0 Å². The van der Waals surface area contributed by atoms with Crippen LogP contribution in [-0.4, -0.2) is 16.3 Å². The van der Waals surface area contributed by atoms with Crippen LogP contribution in [0.3, 0.4) is 0 Å². The van der Waals surface area contributed by atoms with E-state index in [0.717, 1.165) is 36.3 Å². The number of rotatable bonds is 2. The predicted octanol–water partition coefficient (Wildman–Crippen LogP) is 1.79. The minimum atomic E-state index is -0.301. The van der Waals surface area contributed by atoms with Crippen LogP contribution in [0.5, 0.6) is 0 Å². The Morgan fingerprint density at radius 1 is 1.37 bits per heavy atom. The Hall–Kier alpha value is -2.17. The molecule has 0 fully saturated rings. The number of fused-ring (bicyclic) bond motifs is 1. The van der Waals surface area contributed by atoms with Gasteiger partial charge in [0, 0.05) is 12.6 Å². The summed E-state index contributed by atoms with van der Waals surface area (Å²) in [5.41, 5.74) is 2.30. The zero-order valence-corrected chi connectivity index (χ0v) is 10.4. The standard InChI is InChI=1S/C14H14FN3O/c15-11-4-1-3-10(7-11)9-18-14(19)8-13-12(17-18)5-2-6-16-13/h1,3-4,7-8,16H,2,5-6,9H2. The fourth-order valence-corrected chi connectivity index (χ4v) is 2.27. The smallest absolute Gasteiger partial charge is 0.269 e. The second kappa shape index (κ2) is 4.84. The molecule has 98 valence electrons. The third-order valence-electron chi connectivity index (χ3n) is 3.20. The second-order valence-corrected chi connectivity index (χ2v) is 4.66. The van der Waals surface area contributed by atoms with E-state index in [1.54, 1.807) is 18.2 Å². The lowest BCUT2D eigenvalue weighted by molar-refractivity contribution is 0.596. The van der Waals surface area contributed by atoms with Crippen molar-refractivity contribution in [1.29, 1.82) is 0 Å². The number of nitrogens with zero attached hydrogens (tertiary/aromatic N) is 2. The number of hydrogen-bond donors (Lipinski definition) is 1. The fourth-order valence-electron chi connectivity index (χ4n) is 2.27. The maximum Gasteiger partial charge on any atom is 0.269 e. The molecule has 3 rings (SSSR count). The molecule has 2 aromatic rings. The maximum absolute atomic E-state index is 13.1. The molecule has 0 spiro atoms. The van der Waals surface area contributed by atoms with E-state index in [9.17, 15) is 9.18 Å². The summed E-state index contributed by atoms with van der Waals surface area (Å²) in [6.45, 7) is 1.17. The molecule has 0 amide bonds. The first-order valence-electron chi connectivity index (χ1n) is 6.32. The van der Waals surface area contributed by atoms with Gasteiger partial charge in [-0.3, -0.25) is 4.79 Å². The summed E-state index contributed by atoms with van der Waals surface area (Å²) in [5, 5.41) is 7.52. The summed E-state index contributed by atoms with van der Waals surface area (Å²) in [7, 11) is 0. The van der Waals surface area contributed by atoms with Gasteiger partial charge in [-0.05, 0) is 30.5 Å². The molecule has 0 aliphatic carbocycles. The van der Waals surface area contributed by atoms with E-state index < -0.39 is 0 Å². The van der Waals surface area contributed by atoms with Crippen molar-refractivity contribution >= 4 is 5.69 Å². The van der Waals surface area contributed by atoms with Gasteiger partial charge in [0.25, 0.3) is 5.56 Å². The molecule has 0 radical (unpaired) electrons. The third kappa shape index (κ3) is 2.50. The van der Waals surface area contributed by atoms with Crippen molar-refractivity contribution in [3.05, 3.63) is 57.8 Å². The van der Waals surface area contributed by atoms with Crippen molar-refractivity contribution in [2.24, 2.45) is 0 Å². The number of anilines is 1. The zero-order chi connectivity index (χ0) is 13.2. The van der Waals surface area contributed by atoms with Gasteiger partial charge in [0.05, 0.1) is 17.9 Å². The molecule has 5 heteroatoms. The largest absolute Gasteiger partial charge is 0.383 e. The first-order valence-corrected chi connectivity index (χ1v) is 6.32. The van der Waals surface area contributed by atoms with Crippen LogP contribution in [0.1, 0.15) is 17.7 Å². The van der Waals surface area contributed by atoms with Crippen LogP contribution in [0, 0.1) is 5.82 Å². The SMILES string of the molecule is O=c1cc2c(nn1Cc1cccc(F)c1)CCCN2. The Morgan fingerprint density at radius 2 is 2.26 bits per heavy atom. The summed E-state index contributed by atoms with van der Waals surface area (Å²) in [5.74, 6) is -0.301. The molecule has 1 aromatic carbocycles. The molecule has 1 aliphatic rings. The van der Waals surface area contributed by atoms with Gasteiger partial charge in [-0.2, -0.15) is 5.10 Å². The summed E-state index contributed by atoms with van der Waals surface area (Å²) in [6.07, 6.45) is 1.88. The predicted molar refractivity (Wildman–Crippen MR) is 70.8 cm³/mol. The van der Waals surface area contributed by atoms with E-state index >= 15 is 0 Å². The monoisotopic (exact) mass is 259 g/mol. The van der Waals surface area contributed by atoms with E-state index in [2.05, 4.69) is 10.4 Å². The summed E-state index contributed by atoms with van der Waals surface area (Å²) in [4.78, 5) is 11.9. The lowest BCUT2D eigenvalue weighted by Crippen LogP contribution is -2.27. The molecule has 4 nitrogen and oxygen atoms in total. The fraction of sp³-hybridized carbons (Fsp3) is 0.286. The Bertz CT molecular complexity index is 666. The van der Waals surface area contributed by atoms with Crippen LogP contribution < -0.4 is 10.9 Å². The van der Waals surface area contributed by atoms with Gasteiger partial charge in [0.15, 0.2) is 0 Å². The Kier molecular flexibility index (Phi) is 3.03. The topological polar surface area (TPSA) is 46.9 Å². The summed E-state index contributed by atoms with van der Waals surface area (Å²) >= 11 is 0. The molecule has 0 bridgehead atoms. The summed E-state index contributed by atoms with van der Waals surface area (Å²) < 4.78 is 14.5. The van der Waals surface area contributed by atoms with Crippen molar-refractivity contribution in [3.8, 4) is 0 Å². The minimum absolute atomic E-state index is 0.169. The highest BCUT2D eigenvalue weighted by Crippen LogP contribution is 2.16. The van der Waals surface area contributed by atoms with Gasteiger partial charge in [0.1, 0.15) is 5.82 Å². The maximum atomic E-state index is 13.1. The number of aryl methyl sites for hydroxylation is 1. The van der Waals surface area contributed by atoms with E-state index in [4.69, 9.17) is 0 Å². The van der Waals surface area contributed by atoms with Gasteiger partial charge in [0.2, 0.25) is 0 Å². The molecule has 0 saturated carbocycles. The highest BCUT2D eigenvalue weighted by atomic mass is 19.1. The zero-order valence-electron chi connectivity index (χ0n) is 10.4. The Morgan fingerprint density at radius 3 is 3.11 bits per heavy atom. The molecule has 2 heterocycles. The van der Waals surface area contributed by atoms with Gasteiger partial charge >= 0.3 is 0 Å².